The summed E-state index contributed by atoms with van der Waals surface area (Å²) in [6, 6.07) is 6.71. The van der Waals surface area contributed by atoms with Crippen LogP contribution in [0.4, 0.5) is 0 Å². The van der Waals surface area contributed by atoms with E-state index >= 15 is 0 Å². The van der Waals surface area contributed by atoms with Gasteiger partial charge in [-0.1, -0.05) is 19.3 Å². The minimum absolute atomic E-state index is 0.339. The standard InChI is InChI=1S/C21H30N2O3/c24-21(22-10-4-2-1-3-5-11-22)16-23-12-6-7-18(23)17-8-9-19-20(15-17)26-14-13-25-19/h8-9,15,18H,1-7,10-14,16H2/p+1/t18-/m0/s1. The molecule has 0 aromatic heterocycles. The summed E-state index contributed by atoms with van der Waals surface area (Å²) in [6.07, 6.45) is 8.50. The number of nitrogens with one attached hydrogen (secondary N) is 1. The van der Waals surface area contributed by atoms with Crippen LogP contribution in [-0.4, -0.2) is 50.2 Å². The van der Waals surface area contributed by atoms with Crippen LogP contribution in [0.5, 0.6) is 11.5 Å². The quantitative estimate of drug-likeness (QED) is 0.897. The van der Waals surface area contributed by atoms with Crippen molar-refractivity contribution in [2.24, 2.45) is 0 Å². The van der Waals surface area contributed by atoms with E-state index < -0.39 is 0 Å². The SMILES string of the molecule is O=C(C[NH+]1CCC[C@H]1c1ccc2c(c1)OCCO2)N1CCCCCCC1. The molecule has 2 saturated heterocycles. The molecule has 0 spiro atoms. The number of carbonyl (C=O) groups excluding carboxylic acids is 1. The summed E-state index contributed by atoms with van der Waals surface area (Å²) in [5.41, 5.74) is 1.28. The molecule has 1 unspecified atom stereocenters. The van der Waals surface area contributed by atoms with Crippen molar-refractivity contribution in [3.8, 4) is 11.5 Å². The van der Waals surface area contributed by atoms with E-state index in [1.54, 1.807) is 0 Å². The van der Waals surface area contributed by atoms with Gasteiger partial charge in [-0.05, 0) is 31.0 Å². The molecule has 0 saturated carbocycles. The van der Waals surface area contributed by atoms with E-state index in [1.807, 2.05) is 6.07 Å². The van der Waals surface area contributed by atoms with Gasteiger partial charge in [-0.25, -0.2) is 0 Å². The van der Waals surface area contributed by atoms with Crippen molar-refractivity contribution in [3.05, 3.63) is 23.8 Å². The summed E-state index contributed by atoms with van der Waals surface area (Å²) in [5.74, 6) is 2.04. The Balaban J connectivity index is 1.42. The molecule has 2 fully saturated rings. The summed E-state index contributed by atoms with van der Waals surface area (Å²) in [7, 11) is 0. The van der Waals surface area contributed by atoms with E-state index in [4.69, 9.17) is 9.47 Å². The maximum absolute atomic E-state index is 12.9. The molecule has 26 heavy (non-hydrogen) atoms. The molecular formula is C21H31N2O3+. The average Bonchev–Trinajstić information content (AvgIpc) is 3.09. The Kier molecular flexibility index (Phi) is 5.63. The highest BCUT2D eigenvalue weighted by Crippen LogP contribution is 2.33. The molecule has 142 valence electrons. The maximum atomic E-state index is 12.9. The highest BCUT2D eigenvalue weighted by Gasteiger charge is 2.33. The van der Waals surface area contributed by atoms with Crippen LogP contribution in [0, 0.1) is 0 Å². The van der Waals surface area contributed by atoms with Gasteiger partial charge in [0.05, 0.1) is 6.54 Å². The summed E-state index contributed by atoms with van der Waals surface area (Å²) in [5, 5.41) is 0. The number of benzene rings is 1. The van der Waals surface area contributed by atoms with E-state index in [0.29, 0.717) is 31.7 Å². The molecule has 0 bridgehead atoms. The smallest absolute Gasteiger partial charge is 0.277 e. The van der Waals surface area contributed by atoms with Gasteiger partial charge in [0.2, 0.25) is 0 Å². The van der Waals surface area contributed by atoms with Crippen molar-refractivity contribution in [1.82, 2.24) is 4.90 Å². The predicted molar refractivity (Wildman–Crippen MR) is 99.8 cm³/mol. The van der Waals surface area contributed by atoms with Gasteiger partial charge >= 0.3 is 0 Å². The summed E-state index contributed by atoms with van der Waals surface area (Å²) < 4.78 is 11.4. The van der Waals surface area contributed by atoms with Gasteiger partial charge in [0.25, 0.3) is 5.91 Å². The lowest BCUT2D eigenvalue weighted by Gasteiger charge is -2.28. The fraction of sp³-hybridized carbons (Fsp3) is 0.667. The molecule has 2 atom stereocenters. The summed E-state index contributed by atoms with van der Waals surface area (Å²) in [6.45, 7) is 4.84. The molecule has 5 heteroatoms. The van der Waals surface area contributed by atoms with Gasteiger partial charge in [0.15, 0.2) is 18.0 Å². The fourth-order valence-electron chi connectivity index (χ4n) is 4.61. The van der Waals surface area contributed by atoms with Crippen LogP contribution < -0.4 is 14.4 Å². The zero-order valence-corrected chi connectivity index (χ0v) is 15.7. The first kappa shape index (κ1) is 17.7. The topological polar surface area (TPSA) is 43.2 Å². The van der Waals surface area contributed by atoms with Crippen LogP contribution >= 0.6 is 0 Å². The molecule has 4 rings (SSSR count). The number of nitrogens with zero attached hydrogens (tertiary/aromatic N) is 1. The number of rotatable bonds is 3. The predicted octanol–water partition coefficient (Wildman–Crippen LogP) is 1.97. The Bertz CT molecular complexity index is 626. The Hall–Kier alpha value is -1.75. The lowest BCUT2D eigenvalue weighted by Crippen LogP contribution is -3.11. The molecule has 3 aliphatic rings. The average molecular weight is 359 g/mol. The number of fused-ring (bicyclic) bond motifs is 1. The Morgan fingerprint density at radius 2 is 1.73 bits per heavy atom. The second-order valence-electron chi connectivity index (χ2n) is 7.83. The first-order valence-corrected chi connectivity index (χ1v) is 10.3. The zero-order valence-electron chi connectivity index (χ0n) is 15.7. The van der Waals surface area contributed by atoms with Crippen LogP contribution in [0.3, 0.4) is 0 Å². The third-order valence-electron chi connectivity index (χ3n) is 6.04. The van der Waals surface area contributed by atoms with Gasteiger partial charge in [-0.15, -0.1) is 0 Å². The number of likely N-dealkylation sites (tertiary alicyclic amines) is 2. The lowest BCUT2D eigenvalue weighted by molar-refractivity contribution is -0.910. The monoisotopic (exact) mass is 359 g/mol. The lowest BCUT2D eigenvalue weighted by atomic mass is 10.0. The third kappa shape index (κ3) is 3.98. The molecule has 5 nitrogen and oxygen atoms in total. The largest absolute Gasteiger partial charge is 0.486 e. The van der Waals surface area contributed by atoms with Gasteiger partial charge in [0, 0.05) is 31.5 Å². The molecule has 3 heterocycles. The molecule has 0 aliphatic carbocycles. The first-order chi connectivity index (χ1) is 12.8. The van der Waals surface area contributed by atoms with Crippen LogP contribution in [0.1, 0.15) is 56.6 Å². The first-order valence-electron chi connectivity index (χ1n) is 10.3. The molecule has 0 radical (unpaired) electrons. The molecule has 1 aromatic rings. The normalized spacial score (nSPS) is 26.2. The van der Waals surface area contributed by atoms with Crippen molar-refractivity contribution in [3.63, 3.8) is 0 Å². The maximum Gasteiger partial charge on any atom is 0.277 e. The van der Waals surface area contributed by atoms with Crippen LogP contribution in [0.15, 0.2) is 18.2 Å². The minimum Gasteiger partial charge on any atom is -0.486 e. The number of hydrogen-bond acceptors (Lipinski definition) is 3. The molecule has 1 aromatic carbocycles. The van der Waals surface area contributed by atoms with Crippen molar-refractivity contribution in [2.75, 3.05) is 39.4 Å². The van der Waals surface area contributed by atoms with Gasteiger partial charge in [-0.3, -0.25) is 4.79 Å². The van der Waals surface area contributed by atoms with E-state index in [0.717, 1.165) is 50.4 Å². The van der Waals surface area contributed by atoms with Gasteiger partial charge in [0.1, 0.15) is 19.3 Å². The Morgan fingerprint density at radius 1 is 1.00 bits per heavy atom. The fourth-order valence-corrected chi connectivity index (χ4v) is 4.61. The second kappa shape index (κ2) is 8.30. The highest BCUT2D eigenvalue weighted by molar-refractivity contribution is 5.77. The number of ether oxygens (including phenoxy) is 2. The van der Waals surface area contributed by atoms with E-state index in [-0.39, 0.29) is 0 Å². The molecular weight excluding hydrogens is 328 g/mol. The second-order valence-corrected chi connectivity index (χ2v) is 7.83. The zero-order chi connectivity index (χ0) is 17.8. The number of quaternary nitrogens is 1. The number of hydrogen-bond donors (Lipinski definition) is 1. The number of carbonyl (C=O) groups is 1. The van der Waals surface area contributed by atoms with Crippen LogP contribution in [0.2, 0.25) is 0 Å². The van der Waals surface area contributed by atoms with E-state index in [2.05, 4.69) is 17.0 Å². The van der Waals surface area contributed by atoms with Crippen LogP contribution in [0.25, 0.3) is 0 Å². The van der Waals surface area contributed by atoms with E-state index in [9.17, 15) is 4.79 Å². The molecule has 1 amide bonds. The highest BCUT2D eigenvalue weighted by atomic mass is 16.6. The van der Waals surface area contributed by atoms with Gasteiger partial charge in [-0.2, -0.15) is 0 Å². The summed E-state index contributed by atoms with van der Waals surface area (Å²) >= 11 is 0. The Morgan fingerprint density at radius 3 is 2.54 bits per heavy atom. The molecule has 3 aliphatic heterocycles. The van der Waals surface area contributed by atoms with E-state index in [1.165, 1.54) is 36.1 Å². The Labute approximate surface area is 156 Å². The van der Waals surface area contributed by atoms with Crippen molar-refractivity contribution < 1.29 is 19.2 Å². The molecule has 1 N–H and O–H groups in total. The van der Waals surface area contributed by atoms with Gasteiger partial charge < -0.3 is 19.3 Å². The van der Waals surface area contributed by atoms with Crippen molar-refractivity contribution in [2.45, 2.75) is 51.0 Å². The van der Waals surface area contributed by atoms with Crippen molar-refractivity contribution >= 4 is 5.91 Å². The summed E-state index contributed by atoms with van der Waals surface area (Å²) in [4.78, 5) is 16.4. The number of amides is 1. The van der Waals surface area contributed by atoms with Crippen LogP contribution in [-0.2, 0) is 4.79 Å². The third-order valence-corrected chi connectivity index (χ3v) is 6.04. The minimum atomic E-state index is 0.339. The van der Waals surface area contributed by atoms with Crippen molar-refractivity contribution in [1.29, 1.82) is 0 Å².